The van der Waals surface area contributed by atoms with Crippen LogP contribution in [0.2, 0.25) is 0 Å². The molecular weight excluding hydrogens is 540 g/mol. The lowest BCUT2D eigenvalue weighted by atomic mass is 9.94. The number of nitrogens with one attached hydrogen (secondary N) is 1. The Morgan fingerprint density at radius 2 is 1.61 bits per heavy atom. The maximum atomic E-state index is 13.8. The summed E-state index contributed by atoms with van der Waals surface area (Å²) in [5, 5.41) is 3.28. The average Bonchev–Trinajstić information content (AvgIpc) is 2.90. The van der Waals surface area contributed by atoms with Crippen LogP contribution in [0.1, 0.15) is 54.4 Å². The highest BCUT2D eigenvalue weighted by Crippen LogP contribution is 2.22. The molecule has 38 heavy (non-hydrogen) atoms. The van der Waals surface area contributed by atoms with E-state index in [2.05, 4.69) is 27.3 Å². The molecule has 0 aromatic heterocycles. The molecular formula is C32H37BrN2O3. The monoisotopic (exact) mass is 576 g/mol. The number of ether oxygens (including phenoxy) is 1. The lowest BCUT2D eigenvalue weighted by molar-refractivity contribution is -0.143. The van der Waals surface area contributed by atoms with Crippen molar-refractivity contribution in [3.05, 3.63) is 99.5 Å². The van der Waals surface area contributed by atoms with Crippen molar-refractivity contribution in [2.24, 2.45) is 0 Å². The molecule has 1 N–H and O–H groups in total. The molecule has 4 rings (SSSR count). The third-order valence-electron chi connectivity index (χ3n) is 7.02. The number of hydrogen-bond acceptors (Lipinski definition) is 3. The molecule has 0 spiro atoms. The van der Waals surface area contributed by atoms with E-state index in [4.69, 9.17) is 4.74 Å². The molecule has 0 heterocycles. The molecule has 1 unspecified atom stereocenters. The lowest BCUT2D eigenvalue weighted by Gasteiger charge is -2.33. The van der Waals surface area contributed by atoms with Gasteiger partial charge >= 0.3 is 0 Å². The summed E-state index contributed by atoms with van der Waals surface area (Å²) in [5.74, 6) is 0.337. The normalized spacial score (nSPS) is 14.5. The number of hydrogen-bond donors (Lipinski definition) is 1. The van der Waals surface area contributed by atoms with Gasteiger partial charge in [-0.25, -0.2) is 0 Å². The number of rotatable bonds is 10. The number of aryl methyl sites for hydroxylation is 2. The molecule has 2 amide bonds. The van der Waals surface area contributed by atoms with Gasteiger partial charge in [-0.15, -0.1) is 0 Å². The van der Waals surface area contributed by atoms with Crippen molar-refractivity contribution < 1.29 is 14.3 Å². The van der Waals surface area contributed by atoms with Gasteiger partial charge in [0.25, 0.3) is 5.91 Å². The topological polar surface area (TPSA) is 58.6 Å². The number of carbonyl (C=O) groups is 2. The number of halogens is 1. The van der Waals surface area contributed by atoms with Gasteiger partial charge in [-0.1, -0.05) is 83.7 Å². The van der Waals surface area contributed by atoms with Crippen molar-refractivity contribution in [1.29, 1.82) is 0 Å². The van der Waals surface area contributed by atoms with Crippen LogP contribution in [0.25, 0.3) is 0 Å². The molecule has 0 bridgehead atoms. The van der Waals surface area contributed by atoms with Gasteiger partial charge in [0.2, 0.25) is 5.91 Å². The van der Waals surface area contributed by atoms with E-state index in [0.29, 0.717) is 18.7 Å². The Morgan fingerprint density at radius 3 is 2.29 bits per heavy atom. The Labute approximate surface area is 234 Å². The van der Waals surface area contributed by atoms with E-state index in [9.17, 15) is 9.59 Å². The van der Waals surface area contributed by atoms with E-state index < -0.39 is 6.04 Å². The number of amides is 2. The van der Waals surface area contributed by atoms with E-state index in [1.54, 1.807) is 4.90 Å². The predicted octanol–water partition coefficient (Wildman–Crippen LogP) is 6.53. The standard InChI is InChI=1S/C32H37BrN2O3/c1-23-16-24(2)18-29(17-23)38-22-31(36)35(21-26-12-9-13-27(33)19-26)30(20-25-10-5-3-6-11-25)32(37)34-28-14-7-4-8-15-28/h3,5-6,9-13,16-19,28,30H,4,7-8,14-15,20-22H2,1-2H3,(H,34,37). The van der Waals surface area contributed by atoms with Crippen molar-refractivity contribution in [2.45, 2.75) is 71.0 Å². The van der Waals surface area contributed by atoms with Gasteiger partial charge in [0.15, 0.2) is 6.61 Å². The highest BCUT2D eigenvalue weighted by atomic mass is 79.9. The fraction of sp³-hybridized carbons (Fsp3) is 0.375. The van der Waals surface area contributed by atoms with Gasteiger partial charge in [-0.05, 0) is 73.2 Å². The summed E-state index contributed by atoms with van der Waals surface area (Å²) in [6.45, 7) is 4.18. The molecule has 1 aliphatic rings. The Morgan fingerprint density at radius 1 is 0.921 bits per heavy atom. The fourth-order valence-electron chi connectivity index (χ4n) is 5.17. The van der Waals surface area contributed by atoms with Gasteiger partial charge in [-0.3, -0.25) is 9.59 Å². The zero-order valence-electron chi connectivity index (χ0n) is 22.3. The molecule has 3 aromatic carbocycles. The second kappa shape index (κ2) is 13.6. The van der Waals surface area contributed by atoms with Crippen molar-refractivity contribution in [1.82, 2.24) is 10.2 Å². The van der Waals surface area contributed by atoms with Gasteiger partial charge in [0.1, 0.15) is 11.8 Å². The van der Waals surface area contributed by atoms with Gasteiger partial charge in [0.05, 0.1) is 0 Å². The number of benzene rings is 3. The maximum Gasteiger partial charge on any atom is 0.261 e. The molecule has 1 saturated carbocycles. The first-order chi connectivity index (χ1) is 18.4. The van der Waals surface area contributed by atoms with E-state index in [0.717, 1.165) is 52.4 Å². The number of nitrogens with zero attached hydrogens (tertiary/aromatic N) is 1. The summed E-state index contributed by atoms with van der Waals surface area (Å²) in [6, 6.07) is 23.2. The molecule has 1 aliphatic carbocycles. The molecule has 1 atom stereocenters. The quantitative estimate of drug-likeness (QED) is 0.298. The van der Waals surface area contributed by atoms with Crippen LogP contribution in [0.15, 0.2) is 77.3 Å². The molecule has 0 aliphatic heterocycles. The SMILES string of the molecule is Cc1cc(C)cc(OCC(=O)N(Cc2cccc(Br)c2)C(Cc2ccccc2)C(=O)NC2CCCCC2)c1. The first-order valence-electron chi connectivity index (χ1n) is 13.5. The van der Waals surface area contributed by atoms with Crippen molar-refractivity contribution in [3.8, 4) is 5.75 Å². The van der Waals surface area contributed by atoms with E-state index in [1.807, 2.05) is 80.6 Å². The average molecular weight is 578 g/mol. The Bertz CT molecular complexity index is 1200. The summed E-state index contributed by atoms with van der Waals surface area (Å²) in [6.07, 6.45) is 5.86. The minimum absolute atomic E-state index is 0.101. The second-order valence-electron chi connectivity index (χ2n) is 10.3. The van der Waals surface area contributed by atoms with Crippen LogP contribution in [0.3, 0.4) is 0 Å². The minimum Gasteiger partial charge on any atom is -0.484 e. The summed E-state index contributed by atoms with van der Waals surface area (Å²) in [7, 11) is 0. The zero-order chi connectivity index (χ0) is 26.9. The summed E-state index contributed by atoms with van der Waals surface area (Å²) >= 11 is 3.54. The molecule has 3 aromatic rings. The highest BCUT2D eigenvalue weighted by Gasteiger charge is 2.32. The van der Waals surface area contributed by atoms with Gasteiger partial charge in [-0.2, -0.15) is 0 Å². The Balaban J connectivity index is 1.62. The van der Waals surface area contributed by atoms with Crippen LogP contribution in [-0.4, -0.2) is 35.4 Å². The summed E-state index contributed by atoms with van der Waals surface area (Å²) < 4.78 is 6.90. The van der Waals surface area contributed by atoms with Crippen molar-refractivity contribution >= 4 is 27.7 Å². The molecule has 0 saturated heterocycles. The van der Waals surface area contributed by atoms with Crippen LogP contribution >= 0.6 is 15.9 Å². The predicted molar refractivity (Wildman–Crippen MR) is 155 cm³/mol. The van der Waals surface area contributed by atoms with E-state index >= 15 is 0 Å². The van der Waals surface area contributed by atoms with Gasteiger partial charge in [0, 0.05) is 23.5 Å². The van der Waals surface area contributed by atoms with Crippen LogP contribution in [0.5, 0.6) is 5.75 Å². The van der Waals surface area contributed by atoms with Crippen LogP contribution in [0.4, 0.5) is 0 Å². The molecule has 6 heteroatoms. The largest absolute Gasteiger partial charge is 0.484 e. The van der Waals surface area contributed by atoms with Crippen LogP contribution in [-0.2, 0) is 22.6 Å². The van der Waals surface area contributed by atoms with Gasteiger partial charge < -0.3 is 15.0 Å². The first kappa shape index (κ1) is 27.9. The summed E-state index contributed by atoms with van der Waals surface area (Å²) in [5.41, 5.74) is 4.11. The maximum absolute atomic E-state index is 13.8. The third kappa shape index (κ3) is 8.19. The summed E-state index contributed by atoms with van der Waals surface area (Å²) in [4.78, 5) is 29.3. The molecule has 1 fully saturated rings. The smallest absolute Gasteiger partial charge is 0.261 e. The fourth-order valence-corrected chi connectivity index (χ4v) is 5.62. The lowest BCUT2D eigenvalue weighted by Crippen LogP contribution is -2.53. The van der Waals surface area contributed by atoms with Crippen molar-refractivity contribution in [2.75, 3.05) is 6.61 Å². The third-order valence-corrected chi connectivity index (χ3v) is 7.52. The zero-order valence-corrected chi connectivity index (χ0v) is 23.9. The van der Waals surface area contributed by atoms with Crippen LogP contribution < -0.4 is 10.1 Å². The molecule has 5 nitrogen and oxygen atoms in total. The first-order valence-corrected chi connectivity index (χ1v) is 14.3. The minimum atomic E-state index is -0.659. The molecule has 200 valence electrons. The highest BCUT2D eigenvalue weighted by molar-refractivity contribution is 9.10. The van der Waals surface area contributed by atoms with E-state index in [1.165, 1.54) is 6.42 Å². The molecule has 0 radical (unpaired) electrons. The van der Waals surface area contributed by atoms with Crippen molar-refractivity contribution in [3.63, 3.8) is 0 Å². The Hall–Kier alpha value is -3.12. The van der Waals surface area contributed by atoms with E-state index in [-0.39, 0.29) is 24.5 Å². The second-order valence-corrected chi connectivity index (χ2v) is 11.2. The van der Waals surface area contributed by atoms with Crippen LogP contribution in [0, 0.1) is 13.8 Å². The number of carbonyl (C=O) groups excluding carboxylic acids is 2. The Kier molecular flexibility index (Phi) is 9.99.